The largest absolute Gasteiger partial charge is 0.508 e. The fourth-order valence-corrected chi connectivity index (χ4v) is 3.84. The highest BCUT2D eigenvalue weighted by atomic mass is 16.3. The van der Waals surface area contributed by atoms with E-state index in [1.165, 1.54) is 6.33 Å². The monoisotopic (exact) mass is 322 g/mol. The second-order valence-corrected chi connectivity index (χ2v) is 7.17. The zero-order valence-electron chi connectivity index (χ0n) is 14.3. The first kappa shape index (κ1) is 16.3. The molecule has 2 aromatic rings. The van der Waals surface area contributed by atoms with Gasteiger partial charge in [-0.3, -0.25) is 0 Å². The number of hydrogen-bond acceptors (Lipinski definition) is 5. The molecular weight excluding hydrogens is 300 g/mol. The van der Waals surface area contributed by atoms with Gasteiger partial charge in [0.25, 0.3) is 0 Å². The van der Waals surface area contributed by atoms with Crippen LogP contribution in [0.25, 0.3) is 11.3 Å². The minimum atomic E-state index is -0.217. The highest BCUT2D eigenvalue weighted by Crippen LogP contribution is 2.48. The molecule has 0 saturated carbocycles. The quantitative estimate of drug-likeness (QED) is 0.898. The molecule has 1 aliphatic rings. The molecule has 5 nitrogen and oxygen atoms in total. The number of hydrogen-bond donors (Lipinski definition) is 2. The molecule has 1 aromatic carbocycles. The third-order valence-electron chi connectivity index (χ3n) is 4.94. The summed E-state index contributed by atoms with van der Waals surface area (Å²) in [4.78, 5) is 8.64. The smallest absolute Gasteiger partial charge is 0.131 e. The molecule has 1 heterocycles. The Morgan fingerprint density at radius 2 is 2.12 bits per heavy atom. The van der Waals surface area contributed by atoms with E-state index in [0.29, 0.717) is 18.0 Å². The van der Waals surface area contributed by atoms with Gasteiger partial charge in [-0.05, 0) is 41.9 Å². The van der Waals surface area contributed by atoms with Gasteiger partial charge in [-0.1, -0.05) is 20.8 Å². The van der Waals surface area contributed by atoms with E-state index in [4.69, 9.17) is 11.0 Å². The molecule has 124 valence electrons. The van der Waals surface area contributed by atoms with Crippen molar-refractivity contribution in [1.29, 1.82) is 5.26 Å². The van der Waals surface area contributed by atoms with Gasteiger partial charge < -0.3 is 10.8 Å². The van der Waals surface area contributed by atoms with Crippen molar-refractivity contribution < 1.29 is 5.11 Å². The lowest BCUT2D eigenvalue weighted by atomic mass is 9.69. The molecule has 24 heavy (non-hydrogen) atoms. The van der Waals surface area contributed by atoms with E-state index in [0.717, 1.165) is 40.8 Å². The van der Waals surface area contributed by atoms with Gasteiger partial charge in [0.2, 0.25) is 0 Å². The third-order valence-corrected chi connectivity index (χ3v) is 4.94. The maximum absolute atomic E-state index is 10.5. The van der Waals surface area contributed by atoms with Crippen molar-refractivity contribution in [3.05, 3.63) is 35.2 Å². The maximum atomic E-state index is 10.5. The Morgan fingerprint density at radius 3 is 2.83 bits per heavy atom. The molecule has 1 atom stereocenters. The molecule has 0 saturated heterocycles. The van der Waals surface area contributed by atoms with Crippen molar-refractivity contribution in [3.63, 3.8) is 0 Å². The van der Waals surface area contributed by atoms with Crippen LogP contribution in [0.15, 0.2) is 18.5 Å². The minimum absolute atomic E-state index is 0.108. The Kier molecular flexibility index (Phi) is 3.92. The number of phenols is 1. The number of aromatic hydroxyl groups is 1. The molecule has 5 heteroatoms. The number of rotatable bonds is 3. The Balaban J connectivity index is 2.24. The van der Waals surface area contributed by atoms with E-state index in [-0.39, 0.29) is 11.3 Å². The first-order valence-corrected chi connectivity index (χ1v) is 8.20. The Morgan fingerprint density at radius 1 is 1.38 bits per heavy atom. The highest BCUT2D eigenvalue weighted by molar-refractivity contribution is 5.77. The topological polar surface area (TPSA) is 95.8 Å². The normalized spacial score (nSPS) is 15.9. The third kappa shape index (κ3) is 2.48. The molecule has 3 N–H and O–H groups in total. The van der Waals surface area contributed by atoms with Crippen LogP contribution in [0.4, 0.5) is 5.82 Å². The molecule has 1 aromatic heterocycles. The summed E-state index contributed by atoms with van der Waals surface area (Å²) in [5, 5.41) is 19.3. The van der Waals surface area contributed by atoms with E-state index in [9.17, 15) is 5.11 Å². The van der Waals surface area contributed by atoms with Gasteiger partial charge in [-0.25, -0.2) is 9.97 Å². The van der Waals surface area contributed by atoms with Crippen LogP contribution in [-0.2, 0) is 11.8 Å². The molecule has 0 aliphatic heterocycles. The van der Waals surface area contributed by atoms with Crippen LogP contribution in [0, 0.1) is 11.3 Å². The van der Waals surface area contributed by atoms with Gasteiger partial charge in [0.1, 0.15) is 17.9 Å². The summed E-state index contributed by atoms with van der Waals surface area (Å²) in [7, 11) is 0. The zero-order chi connectivity index (χ0) is 17.5. The van der Waals surface area contributed by atoms with E-state index in [2.05, 4.69) is 36.8 Å². The van der Waals surface area contributed by atoms with Gasteiger partial charge in [0, 0.05) is 23.1 Å². The van der Waals surface area contributed by atoms with Crippen molar-refractivity contribution in [2.24, 2.45) is 0 Å². The molecule has 0 amide bonds. The lowest BCUT2D eigenvalue weighted by Crippen LogP contribution is -2.29. The van der Waals surface area contributed by atoms with Crippen molar-refractivity contribution in [2.45, 2.75) is 51.4 Å². The summed E-state index contributed by atoms with van der Waals surface area (Å²) in [6.45, 7) is 6.31. The van der Waals surface area contributed by atoms with Gasteiger partial charge in [-0.15, -0.1) is 0 Å². The van der Waals surface area contributed by atoms with Crippen LogP contribution in [0.5, 0.6) is 5.75 Å². The van der Waals surface area contributed by atoms with Crippen molar-refractivity contribution in [3.8, 4) is 23.1 Å². The lowest BCUT2D eigenvalue weighted by Gasteiger charge is -2.35. The highest BCUT2D eigenvalue weighted by Gasteiger charge is 2.36. The average molecular weight is 322 g/mol. The van der Waals surface area contributed by atoms with E-state index < -0.39 is 0 Å². The van der Waals surface area contributed by atoms with Gasteiger partial charge in [0.05, 0.1) is 11.8 Å². The van der Waals surface area contributed by atoms with Crippen LogP contribution < -0.4 is 5.73 Å². The number of aromatic nitrogens is 2. The molecule has 0 radical (unpaired) electrons. The van der Waals surface area contributed by atoms with Crippen LogP contribution in [0.2, 0.25) is 0 Å². The van der Waals surface area contributed by atoms with Gasteiger partial charge >= 0.3 is 0 Å². The SMILES string of the molecule is CC(CCC#N)c1c(O)ccc2c1CC(C)(C)c1c(N)ncnc1-2. The Hall–Kier alpha value is -2.61. The second-order valence-electron chi connectivity index (χ2n) is 7.17. The Labute approximate surface area is 142 Å². The second kappa shape index (κ2) is 5.79. The van der Waals surface area contributed by atoms with Crippen molar-refractivity contribution >= 4 is 5.82 Å². The van der Waals surface area contributed by atoms with Crippen molar-refractivity contribution in [1.82, 2.24) is 9.97 Å². The zero-order valence-corrected chi connectivity index (χ0v) is 14.3. The lowest BCUT2D eigenvalue weighted by molar-refractivity contribution is 0.453. The fourth-order valence-electron chi connectivity index (χ4n) is 3.84. The standard InChI is InChI=1S/C19H22N4O/c1-11(5-4-8-20)15-13-9-19(2,3)16-17(22-10-23-18(16)21)12(13)6-7-14(15)24/h6-7,10-11,24H,4-5,9H2,1-3H3,(H2,21,22,23). The summed E-state index contributed by atoms with van der Waals surface area (Å²) in [5.41, 5.74) is 10.8. The van der Waals surface area contributed by atoms with Crippen LogP contribution in [0.3, 0.4) is 0 Å². The van der Waals surface area contributed by atoms with Crippen molar-refractivity contribution in [2.75, 3.05) is 5.73 Å². The Bertz CT molecular complexity index is 836. The van der Waals surface area contributed by atoms with Gasteiger partial charge in [-0.2, -0.15) is 5.26 Å². The molecule has 1 unspecified atom stereocenters. The summed E-state index contributed by atoms with van der Waals surface area (Å²) in [6.07, 6.45) is 3.44. The van der Waals surface area contributed by atoms with E-state index in [1.807, 2.05) is 6.07 Å². The van der Waals surface area contributed by atoms with Crippen LogP contribution in [-0.4, -0.2) is 15.1 Å². The van der Waals surface area contributed by atoms with Crippen LogP contribution >= 0.6 is 0 Å². The number of anilines is 1. The predicted molar refractivity (Wildman–Crippen MR) is 93.5 cm³/mol. The molecule has 0 fully saturated rings. The van der Waals surface area contributed by atoms with E-state index >= 15 is 0 Å². The minimum Gasteiger partial charge on any atom is -0.508 e. The summed E-state index contributed by atoms with van der Waals surface area (Å²) in [5.74, 6) is 0.916. The van der Waals surface area contributed by atoms with E-state index in [1.54, 1.807) is 6.07 Å². The fraction of sp³-hybridized carbons (Fsp3) is 0.421. The number of nitrogen functional groups attached to an aromatic ring is 1. The average Bonchev–Trinajstić information content (AvgIpc) is 2.51. The van der Waals surface area contributed by atoms with Crippen LogP contribution in [0.1, 0.15) is 56.2 Å². The summed E-state index contributed by atoms with van der Waals surface area (Å²) in [6, 6.07) is 5.82. The number of nitrogens with two attached hydrogens (primary N) is 1. The maximum Gasteiger partial charge on any atom is 0.131 e. The summed E-state index contributed by atoms with van der Waals surface area (Å²) < 4.78 is 0. The van der Waals surface area contributed by atoms with Gasteiger partial charge in [0.15, 0.2) is 0 Å². The molecule has 0 spiro atoms. The molecule has 3 rings (SSSR count). The number of benzene rings is 1. The molecule has 1 aliphatic carbocycles. The number of phenolic OH excluding ortho intramolecular Hbond substituents is 1. The molecular formula is C19H22N4O. The summed E-state index contributed by atoms with van der Waals surface area (Å²) >= 11 is 0. The molecule has 0 bridgehead atoms. The predicted octanol–water partition coefficient (Wildman–Crippen LogP) is 3.67. The first-order valence-electron chi connectivity index (χ1n) is 8.20. The first-order chi connectivity index (χ1) is 11.4. The number of nitriles is 1. The number of nitrogens with zero attached hydrogens (tertiary/aromatic N) is 3. The number of fused-ring (bicyclic) bond motifs is 3.